The molecule has 1 rings (SSSR count). The van der Waals surface area contributed by atoms with Crippen LogP contribution in [-0.4, -0.2) is 22.1 Å². The number of carboxylic acids is 1. The number of carboxylic acid groups (broad SMARTS) is 1. The van der Waals surface area contributed by atoms with Gasteiger partial charge in [0.05, 0.1) is 5.41 Å². The third-order valence-electron chi connectivity index (χ3n) is 3.52. The Hall–Kier alpha value is -2.11. The van der Waals surface area contributed by atoms with Gasteiger partial charge in [0.2, 0.25) is 5.91 Å². The molecule has 0 saturated heterocycles. The highest BCUT2D eigenvalue weighted by atomic mass is 19.1. The van der Waals surface area contributed by atoms with E-state index in [0.717, 1.165) is 12.1 Å². The maximum Gasteiger partial charge on any atom is 0.310 e. The van der Waals surface area contributed by atoms with Crippen molar-refractivity contribution in [1.82, 2.24) is 0 Å². The summed E-state index contributed by atoms with van der Waals surface area (Å²) < 4.78 is 13.1. The number of phenols is 1. The van der Waals surface area contributed by atoms with Crippen molar-refractivity contribution < 1.29 is 24.2 Å². The van der Waals surface area contributed by atoms with E-state index in [1.54, 1.807) is 13.8 Å². The van der Waals surface area contributed by atoms with Crippen molar-refractivity contribution in [2.75, 3.05) is 5.32 Å². The first-order valence-corrected chi connectivity index (χ1v) is 6.18. The molecule has 0 bridgehead atoms. The van der Waals surface area contributed by atoms with Gasteiger partial charge in [0.1, 0.15) is 0 Å². The molecule has 0 aliphatic rings. The minimum Gasteiger partial charge on any atom is -0.505 e. The summed E-state index contributed by atoms with van der Waals surface area (Å²) in [7, 11) is 0. The number of nitrogens with one attached hydrogen (secondary N) is 1. The van der Waals surface area contributed by atoms with E-state index in [4.69, 9.17) is 5.11 Å². The molecule has 0 saturated carbocycles. The summed E-state index contributed by atoms with van der Waals surface area (Å²) in [6, 6.07) is 3.42. The van der Waals surface area contributed by atoms with Crippen LogP contribution in [0.25, 0.3) is 0 Å². The van der Waals surface area contributed by atoms with Gasteiger partial charge in [-0.1, -0.05) is 13.8 Å². The minimum atomic E-state index is -1.19. The molecule has 0 fully saturated rings. The number of phenolic OH excluding ortho intramolecular Hbond substituents is 1. The SMILES string of the molecule is CC(C)C(C)(CC(=O)Nc1ccc(O)c(F)c1)C(=O)O. The molecule has 6 heteroatoms. The van der Waals surface area contributed by atoms with Crippen LogP contribution in [0.1, 0.15) is 27.2 Å². The molecule has 0 aliphatic heterocycles. The fourth-order valence-electron chi connectivity index (χ4n) is 1.65. The van der Waals surface area contributed by atoms with Gasteiger partial charge in [0.25, 0.3) is 0 Å². The van der Waals surface area contributed by atoms with Crippen LogP contribution in [0.3, 0.4) is 0 Å². The van der Waals surface area contributed by atoms with Gasteiger partial charge < -0.3 is 15.5 Å². The Bertz CT molecular complexity index is 530. The maximum atomic E-state index is 13.1. The van der Waals surface area contributed by atoms with Crippen LogP contribution in [0.4, 0.5) is 10.1 Å². The van der Waals surface area contributed by atoms with Crippen molar-refractivity contribution in [3.8, 4) is 5.75 Å². The standard InChI is InChI=1S/C14H18FNO4/c1-8(2)14(3,13(19)20)7-12(18)16-9-4-5-11(17)10(15)6-9/h4-6,8,17H,7H2,1-3H3,(H,16,18)(H,19,20). The van der Waals surface area contributed by atoms with Crippen LogP contribution in [0.15, 0.2) is 18.2 Å². The van der Waals surface area contributed by atoms with Crippen molar-refractivity contribution in [2.24, 2.45) is 11.3 Å². The molecule has 3 N–H and O–H groups in total. The summed E-state index contributed by atoms with van der Waals surface area (Å²) in [4.78, 5) is 23.2. The first kappa shape index (κ1) is 15.9. The summed E-state index contributed by atoms with van der Waals surface area (Å²) in [5.41, 5.74) is -1.03. The molecule has 1 aromatic rings. The van der Waals surface area contributed by atoms with Gasteiger partial charge in [0, 0.05) is 18.2 Å². The number of carbonyl (C=O) groups excluding carboxylic acids is 1. The van der Waals surface area contributed by atoms with E-state index in [1.165, 1.54) is 13.0 Å². The van der Waals surface area contributed by atoms with Crippen molar-refractivity contribution in [3.05, 3.63) is 24.0 Å². The second kappa shape index (κ2) is 5.90. The Balaban J connectivity index is 2.81. The second-order valence-electron chi connectivity index (χ2n) is 5.27. The number of halogens is 1. The quantitative estimate of drug-likeness (QED) is 0.725. The minimum absolute atomic E-state index is 0.168. The lowest BCUT2D eigenvalue weighted by atomic mass is 9.76. The number of carbonyl (C=O) groups is 2. The van der Waals surface area contributed by atoms with Crippen LogP contribution in [0.5, 0.6) is 5.75 Å². The maximum absolute atomic E-state index is 13.1. The first-order chi connectivity index (χ1) is 9.16. The second-order valence-corrected chi connectivity index (χ2v) is 5.27. The lowest BCUT2D eigenvalue weighted by molar-refractivity contribution is -0.153. The molecule has 20 heavy (non-hydrogen) atoms. The Morgan fingerprint density at radius 3 is 2.45 bits per heavy atom. The molecular formula is C14H18FNO4. The van der Waals surface area contributed by atoms with Crippen LogP contribution in [0.2, 0.25) is 0 Å². The number of amides is 1. The normalized spacial score (nSPS) is 13.8. The molecule has 110 valence electrons. The van der Waals surface area contributed by atoms with Crippen LogP contribution >= 0.6 is 0 Å². The third-order valence-corrected chi connectivity index (χ3v) is 3.52. The summed E-state index contributed by atoms with van der Waals surface area (Å²) >= 11 is 0. The van der Waals surface area contributed by atoms with Crippen LogP contribution in [-0.2, 0) is 9.59 Å². The van der Waals surface area contributed by atoms with Crippen LogP contribution in [0, 0.1) is 17.2 Å². The zero-order valence-electron chi connectivity index (χ0n) is 11.6. The fourth-order valence-corrected chi connectivity index (χ4v) is 1.65. The van der Waals surface area contributed by atoms with E-state index in [2.05, 4.69) is 5.32 Å². The van der Waals surface area contributed by atoms with Crippen molar-refractivity contribution in [1.29, 1.82) is 0 Å². The van der Waals surface area contributed by atoms with E-state index in [1.807, 2.05) is 0 Å². The van der Waals surface area contributed by atoms with Crippen molar-refractivity contribution in [2.45, 2.75) is 27.2 Å². The van der Waals surface area contributed by atoms with E-state index in [9.17, 15) is 19.1 Å². The molecule has 0 heterocycles. The highest BCUT2D eigenvalue weighted by Crippen LogP contribution is 2.32. The Morgan fingerprint density at radius 1 is 1.40 bits per heavy atom. The number of hydrogen-bond acceptors (Lipinski definition) is 3. The fraction of sp³-hybridized carbons (Fsp3) is 0.429. The molecule has 0 radical (unpaired) electrons. The van der Waals surface area contributed by atoms with Crippen LogP contribution < -0.4 is 5.32 Å². The number of benzene rings is 1. The number of aliphatic carboxylic acids is 1. The van der Waals surface area contributed by atoms with Gasteiger partial charge in [-0.3, -0.25) is 9.59 Å². The van der Waals surface area contributed by atoms with Crippen molar-refractivity contribution in [3.63, 3.8) is 0 Å². The zero-order chi connectivity index (χ0) is 15.5. The topological polar surface area (TPSA) is 86.6 Å². The monoisotopic (exact) mass is 283 g/mol. The molecule has 0 aliphatic carbocycles. The lowest BCUT2D eigenvalue weighted by Gasteiger charge is -2.28. The van der Waals surface area contributed by atoms with Crippen molar-refractivity contribution >= 4 is 17.6 Å². The highest BCUT2D eigenvalue weighted by Gasteiger charge is 2.38. The molecular weight excluding hydrogens is 265 g/mol. The van der Waals surface area contributed by atoms with E-state index in [-0.39, 0.29) is 18.0 Å². The number of aromatic hydroxyl groups is 1. The summed E-state index contributed by atoms with van der Waals surface area (Å²) in [5.74, 6) is -3.18. The smallest absolute Gasteiger partial charge is 0.310 e. The molecule has 1 aromatic carbocycles. The number of rotatable bonds is 5. The predicted molar refractivity (Wildman–Crippen MR) is 71.9 cm³/mol. The largest absolute Gasteiger partial charge is 0.505 e. The molecule has 0 aromatic heterocycles. The zero-order valence-corrected chi connectivity index (χ0v) is 11.6. The van der Waals surface area contributed by atoms with Gasteiger partial charge in [-0.05, 0) is 25.0 Å². The van der Waals surface area contributed by atoms with Gasteiger partial charge in [-0.15, -0.1) is 0 Å². The van der Waals surface area contributed by atoms with E-state index >= 15 is 0 Å². The molecule has 1 atom stereocenters. The lowest BCUT2D eigenvalue weighted by Crippen LogP contribution is -2.37. The van der Waals surface area contributed by atoms with Gasteiger partial charge in [0.15, 0.2) is 11.6 Å². The van der Waals surface area contributed by atoms with Gasteiger partial charge in [-0.25, -0.2) is 4.39 Å². The summed E-state index contributed by atoms with van der Waals surface area (Å²) in [6.45, 7) is 4.94. The Morgan fingerprint density at radius 2 is 2.00 bits per heavy atom. The van der Waals surface area contributed by atoms with E-state index < -0.39 is 28.9 Å². The molecule has 1 unspecified atom stereocenters. The third kappa shape index (κ3) is 3.46. The Labute approximate surface area is 116 Å². The number of hydrogen-bond donors (Lipinski definition) is 3. The van der Waals surface area contributed by atoms with Gasteiger partial charge >= 0.3 is 5.97 Å². The van der Waals surface area contributed by atoms with Gasteiger partial charge in [-0.2, -0.15) is 0 Å². The molecule has 1 amide bonds. The molecule has 0 spiro atoms. The number of anilines is 1. The average molecular weight is 283 g/mol. The average Bonchev–Trinajstić information content (AvgIpc) is 2.33. The molecule has 5 nitrogen and oxygen atoms in total. The summed E-state index contributed by atoms with van der Waals surface area (Å²) in [6.07, 6.45) is -0.220. The Kier molecular flexibility index (Phi) is 4.70. The first-order valence-electron chi connectivity index (χ1n) is 6.18. The van der Waals surface area contributed by atoms with E-state index in [0.29, 0.717) is 0 Å². The summed E-state index contributed by atoms with van der Waals surface area (Å²) in [5, 5.41) is 20.7. The highest BCUT2D eigenvalue weighted by molar-refractivity contribution is 5.94. The predicted octanol–water partition coefficient (Wildman–Crippen LogP) is 2.61.